The van der Waals surface area contributed by atoms with Crippen LogP contribution in [-0.2, 0) is 28.6 Å². The topological polar surface area (TPSA) is 78.9 Å². The lowest BCUT2D eigenvalue weighted by Gasteiger charge is -2.18. The fourth-order valence-electron chi connectivity index (χ4n) is 7.79. The van der Waals surface area contributed by atoms with Gasteiger partial charge in [0, 0.05) is 19.3 Å². The number of hydrogen-bond acceptors (Lipinski definition) is 6. The molecule has 0 heterocycles. The molecule has 0 radical (unpaired) electrons. The van der Waals surface area contributed by atoms with Crippen LogP contribution in [0.1, 0.15) is 252 Å². The third-order valence-electron chi connectivity index (χ3n) is 12.3. The number of ether oxygens (including phenoxy) is 3. The Kier molecular flexibility index (Phi) is 58.0. The van der Waals surface area contributed by atoms with Crippen LogP contribution in [0.15, 0.2) is 146 Å². The van der Waals surface area contributed by atoms with Gasteiger partial charge in [0.05, 0.1) is 0 Å². The Morgan fingerprint density at radius 2 is 0.520 bits per heavy atom. The maximum absolute atomic E-state index is 12.8. The van der Waals surface area contributed by atoms with E-state index in [9.17, 15) is 14.4 Å². The summed E-state index contributed by atoms with van der Waals surface area (Å²) in [6.07, 6.45) is 88.6. The van der Waals surface area contributed by atoms with Crippen LogP contribution in [0.4, 0.5) is 0 Å². The van der Waals surface area contributed by atoms with Gasteiger partial charge in [-0.15, -0.1) is 0 Å². The van der Waals surface area contributed by atoms with Crippen molar-refractivity contribution in [3.05, 3.63) is 146 Å². The van der Waals surface area contributed by atoms with E-state index in [0.29, 0.717) is 25.7 Å². The van der Waals surface area contributed by atoms with Gasteiger partial charge in [0.2, 0.25) is 0 Å². The largest absolute Gasteiger partial charge is 0.462 e. The van der Waals surface area contributed by atoms with Crippen molar-refractivity contribution in [2.45, 2.75) is 258 Å². The summed E-state index contributed by atoms with van der Waals surface area (Å²) in [6.45, 7) is 6.42. The van der Waals surface area contributed by atoms with Crippen molar-refractivity contribution in [1.29, 1.82) is 0 Å². The highest BCUT2D eigenvalue weighted by Gasteiger charge is 2.19. The Balaban J connectivity index is 4.32. The predicted molar refractivity (Wildman–Crippen MR) is 325 cm³/mol. The van der Waals surface area contributed by atoms with E-state index in [2.05, 4.69) is 167 Å². The summed E-state index contributed by atoms with van der Waals surface area (Å²) in [7, 11) is 0. The van der Waals surface area contributed by atoms with Crippen LogP contribution < -0.4 is 0 Å². The molecule has 0 aliphatic rings. The van der Waals surface area contributed by atoms with Crippen LogP contribution in [0.5, 0.6) is 0 Å². The fourth-order valence-corrected chi connectivity index (χ4v) is 7.79. The van der Waals surface area contributed by atoms with Gasteiger partial charge < -0.3 is 14.2 Å². The fraction of sp³-hybridized carbons (Fsp3) is 0.609. The van der Waals surface area contributed by atoms with Crippen LogP contribution in [0, 0.1) is 0 Å². The van der Waals surface area contributed by atoms with Gasteiger partial charge in [-0.3, -0.25) is 14.4 Å². The van der Waals surface area contributed by atoms with Gasteiger partial charge in [0.25, 0.3) is 0 Å². The van der Waals surface area contributed by atoms with Crippen LogP contribution in [-0.4, -0.2) is 37.2 Å². The highest BCUT2D eigenvalue weighted by atomic mass is 16.6. The van der Waals surface area contributed by atoms with Crippen molar-refractivity contribution < 1.29 is 28.6 Å². The summed E-state index contributed by atoms with van der Waals surface area (Å²) >= 11 is 0. The molecule has 0 aliphatic carbocycles. The Labute approximate surface area is 461 Å². The second-order valence-electron chi connectivity index (χ2n) is 19.5. The van der Waals surface area contributed by atoms with E-state index < -0.39 is 6.10 Å². The highest BCUT2D eigenvalue weighted by molar-refractivity contribution is 5.71. The minimum atomic E-state index is -0.806. The van der Waals surface area contributed by atoms with Crippen molar-refractivity contribution in [2.75, 3.05) is 13.2 Å². The molecule has 0 spiro atoms. The molecular formula is C69H110O6. The quantitative estimate of drug-likeness (QED) is 0.0261. The molecule has 0 N–H and O–H groups in total. The monoisotopic (exact) mass is 1030 g/mol. The predicted octanol–water partition coefficient (Wildman–Crippen LogP) is 20.8. The Hall–Kier alpha value is -4.71. The number of unbranched alkanes of at least 4 members (excludes halogenated alkanes) is 18. The average molecular weight is 1040 g/mol. The minimum Gasteiger partial charge on any atom is -0.462 e. The Bertz CT molecular complexity index is 1660. The molecule has 422 valence electrons. The van der Waals surface area contributed by atoms with Crippen molar-refractivity contribution in [1.82, 2.24) is 0 Å². The molecule has 6 nitrogen and oxygen atoms in total. The summed E-state index contributed by atoms with van der Waals surface area (Å²) in [5, 5.41) is 0. The zero-order chi connectivity index (χ0) is 54.3. The summed E-state index contributed by atoms with van der Waals surface area (Å²) in [5.41, 5.74) is 0. The van der Waals surface area contributed by atoms with E-state index in [1.54, 1.807) is 0 Å². The molecule has 0 aromatic heterocycles. The van der Waals surface area contributed by atoms with Crippen molar-refractivity contribution in [2.24, 2.45) is 0 Å². The molecular weight excluding hydrogens is 925 g/mol. The lowest BCUT2D eigenvalue weighted by molar-refractivity contribution is -0.167. The number of esters is 3. The minimum absolute atomic E-state index is 0.101. The maximum Gasteiger partial charge on any atom is 0.306 e. The summed E-state index contributed by atoms with van der Waals surface area (Å²) in [5.74, 6) is -0.968. The molecule has 0 amide bonds. The van der Waals surface area contributed by atoms with Crippen LogP contribution in [0.25, 0.3) is 0 Å². The first-order chi connectivity index (χ1) is 37.0. The lowest BCUT2D eigenvalue weighted by Crippen LogP contribution is -2.30. The number of allylic oxidation sites excluding steroid dienone is 24. The zero-order valence-corrected chi connectivity index (χ0v) is 48.3. The molecule has 6 heteroatoms. The third kappa shape index (κ3) is 60.0. The molecule has 75 heavy (non-hydrogen) atoms. The molecule has 0 bridgehead atoms. The first-order valence-electron chi connectivity index (χ1n) is 30.3. The number of rotatable bonds is 53. The molecule has 0 saturated carbocycles. The molecule has 0 saturated heterocycles. The van der Waals surface area contributed by atoms with Crippen molar-refractivity contribution >= 4 is 17.9 Å². The summed E-state index contributed by atoms with van der Waals surface area (Å²) in [6, 6.07) is 0. The van der Waals surface area contributed by atoms with Gasteiger partial charge in [-0.2, -0.15) is 0 Å². The average Bonchev–Trinajstić information content (AvgIpc) is 3.41. The van der Waals surface area contributed by atoms with Gasteiger partial charge in [-0.05, 0) is 128 Å². The van der Waals surface area contributed by atoms with Gasteiger partial charge in [-0.25, -0.2) is 0 Å². The summed E-state index contributed by atoms with van der Waals surface area (Å²) < 4.78 is 16.8. The first-order valence-corrected chi connectivity index (χ1v) is 30.3. The standard InChI is InChI=1S/C69H110O6/c1-4-7-10-13-16-19-21-23-25-26-27-28-29-30-31-32-33-34-35-36-37-38-39-40-41-42-44-45-47-50-53-56-59-62-68(71)74-65-66(64-73-67(70)61-58-55-52-49-18-15-12-9-6-3)75-69(72)63-60-57-54-51-48-46-43-24-22-20-17-14-11-8-5-2/h7,10,16-17,19-20,23-25,27-28,30-31,33-34,36-37,39-40,42-44,47,50,66H,4-6,8-9,11-15,18,21-22,26,29,32,35,38,41,45-46,48-49,51-65H2,1-3H3/b10-7-,19-16-,20-17-,25-23-,28-27-,31-30-,34-33-,37-36-,40-39-,43-24-,44-42-,50-47-. The lowest BCUT2D eigenvalue weighted by atomic mass is 10.1. The first kappa shape index (κ1) is 70.3. The maximum atomic E-state index is 12.8. The number of hydrogen-bond donors (Lipinski definition) is 0. The van der Waals surface area contributed by atoms with E-state index >= 15 is 0 Å². The van der Waals surface area contributed by atoms with Gasteiger partial charge in [-0.1, -0.05) is 250 Å². The van der Waals surface area contributed by atoms with E-state index in [-0.39, 0.29) is 31.1 Å². The van der Waals surface area contributed by atoms with Crippen LogP contribution >= 0.6 is 0 Å². The molecule has 0 fully saturated rings. The third-order valence-corrected chi connectivity index (χ3v) is 12.3. The second-order valence-corrected chi connectivity index (χ2v) is 19.5. The molecule has 0 aliphatic heterocycles. The molecule has 1 atom stereocenters. The number of carbonyl (C=O) groups is 3. The van der Waals surface area contributed by atoms with Gasteiger partial charge in [0.15, 0.2) is 6.10 Å². The van der Waals surface area contributed by atoms with E-state index in [1.165, 1.54) is 64.2 Å². The molecule has 1 unspecified atom stereocenters. The Morgan fingerprint density at radius 1 is 0.280 bits per heavy atom. The van der Waals surface area contributed by atoms with Crippen molar-refractivity contribution in [3.63, 3.8) is 0 Å². The second kappa shape index (κ2) is 61.8. The van der Waals surface area contributed by atoms with Gasteiger partial charge >= 0.3 is 17.9 Å². The normalized spacial score (nSPS) is 13.2. The van der Waals surface area contributed by atoms with E-state index in [0.717, 1.165) is 141 Å². The van der Waals surface area contributed by atoms with Gasteiger partial charge in [0.1, 0.15) is 13.2 Å². The van der Waals surface area contributed by atoms with Crippen molar-refractivity contribution in [3.8, 4) is 0 Å². The van der Waals surface area contributed by atoms with Crippen LogP contribution in [0.2, 0.25) is 0 Å². The SMILES string of the molecule is CC/C=C\C/C=C\C/C=C\C/C=C\C/C=C\C/C=C\C/C=C\C/C=C\C/C=C\C/C=C\CCCCC(=O)OCC(COC(=O)CCCCCCCCCCC)OC(=O)CCCCCCC/C=C\C/C=C\CCCCC. The number of carbonyl (C=O) groups excluding carboxylic acids is 3. The molecule has 0 rings (SSSR count). The molecule has 0 aromatic carbocycles. The smallest absolute Gasteiger partial charge is 0.306 e. The molecule has 0 aromatic rings. The Morgan fingerprint density at radius 3 is 0.867 bits per heavy atom. The summed E-state index contributed by atoms with van der Waals surface area (Å²) in [4.78, 5) is 38.0. The van der Waals surface area contributed by atoms with E-state index in [4.69, 9.17) is 14.2 Å². The zero-order valence-electron chi connectivity index (χ0n) is 48.3. The van der Waals surface area contributed by atoms with E-state index in [1.807, 2.05) is 0 Å². The van der Waals surface area contributed by atoms with Crippen LogP contribution in [0.3, 0.4) is 0 Å². The highest BCUT2D eigenvalue weighted by Crippen LogP contribution is 2.13.